The minimum Gasteiger partial charge on any atom is -0.317 e. The van der Waals surface area contributed by atoms with Crippen molar-refractivity contribution in [3.8, 4) is 0 Å². The van der Waals surface area contributed by atoms with E-state index < -0.39 is 28.6 Å². The summed E-state index contributed by atoms with van der Waals surface area (Å²) in [4.78, 5) is 1.38. The van der Waals surface area contributed by atoms with Gasteiger partial charge in [-0.05, 0) is 32.4 Å². The quantitative estimate of drug-likeness (QED) is 0.837. The van der Waals surface area contributed by atoms with Gasteiger partial charge in [0, 0.05) is 12.1 Å². The molecular weight excluding hydrogens is 281 g/mol. The van der Waals surface area contributed by atoms with Crippen LogP contribution in [0.2, 0.25) is 0 Å². The molecule has 1 N–H and O–H groups in total. The van der Waals surface area contributed by atoms with Gasteiger partial charge in [0.2, 0.25) is 0 Å². The van der Waals surface area contributed by atoms with Gasteiger partial charge in [-0.3, -0.25) is 4.90 Å². The van der Waals surface area contributed by atoms with E-state index in [1.165, 1.54) is 4.90 Å². The number of rotatable bonds is 3. The second kappa shape index (κ2) is 5.57. The average molecular weight is 300 g/mol. The van der Waals surface area contributed by atoms with E-state index in [2.05, 4.69) is 5.32 Å². The zero-order valence-electron chi connectivity index (χ0n) is 10.6. The Bertz CT molecular complexity index is 405. The number of nitrogens with zero attached hydrogens (tertiary/aromatic N) is 1. The first-order valence-electron chi connectivity index (χ1n) is 6.50. The van der Waals surface area contributed by atoms with Crippen LogP contribution in [0.4, 0.5) is 13.2 Å². The van der Waals surface area contributed by atoms with Crippen LogP contribution in [0, 0.1) is 0 Å². The van der Waals surface area contributed by atoms with Crippen molar-refractivity contribution in [3.05, 3.63) is 0 Å². The summed E-state index contributed by atoms with van der Waals surface area (Å²) in [6.07, 6.45) is -2.67. The largest absolute Gasteiger partial charge is 0.401 e. The predicted octanol–water partition coefficient (Wildman–Crippen LogP) is 0.790. The van der Waals surface area contributed by atoms with E-state index in [9.17, 15) is 21.6 Å². The Morgan fingerprint density at radius 3 is 2.21 bits per heavy atom. The van der Waals surface area contributed by atoms with E-state index in [0.717, 1.165) is 0 Å². The normalized spacial score (nSPS) is 28.9. The standard InChI is InChI=1S/C11H19F3N2O2S/c12-11(13,14)8-16(9-1-4-15-5-2-9)10-3-6-19(17,18)7-10/h9-10,15H,1-8H2. The SMILES string of the molecule is O=S1(=O)CCC(N(CC(F)(F)F)C2CCNCC2)C1. The molecule has 2 rings (SSSR count). The lowest BCUT2D eigenvalue weighted by atomic mass is 10.0. The lowest BCUT2D eigenvalue weighted by molar-refractivity contribution is -0.156. The zero-order valence-corrected chi connectivity index (χ0v) is 11.4. The van der Waals surface area contributed by atoms with Crippen molar-refractivity contribution >= 4 is 9.84 Å². The van der Waals surface area contributed by atoms with Gasteiger partial charge in [0.25, 0.3) is 0 Å². The maximum absolute atomic E-state index is 12.7. The van der Waals surface area contributed by atoms with Crippen molar-refractivity contribution < 1.29 is 21.6 Å². The summed E-state index contributed by atoms with van der Waals surface area (Å²) in [7, 11) is -3.16. The summed E-state index contributed by atoms with van der Waals surface area (Å²) >= 11 is 0. The Morgan fingerprint density at radius 1 is 1.11 bits per heavy atom. The van der Waals surface area contributed by atoms with Crippen LogP contribution in [0.25, 0.3) is 0 Å². The van der Waals surface area contributed by atoms with E-state index >= 15 is 0 Å². The first-order chi connectivity index (χ1) is 8.77. The molecule has 0 aromatic rings. The van der Waals surface area contributed by atoms with Gasteiger partial charge in [-0.15, -0.1) is 0 Å². The number of hydrogen-bond acceptors (Lipinski definition) is 4. The molecule has 0 aromatic heterocycles. The van der Waals surface area contributed by atoms with Gasteiger partial charge in [-0.2, -0.15) is 13.2 Å². The van der Waals surface area contributed by atoms with E-state index in [-0.39, 0.29) is 17.5 Å². The number of halogens is 3. The highest BCUT2D eigenvalue weighted by atomic mass is 32.2. The first-order valence-corrected chi connectivity index (χ1v) is 8.33. The second-order valence-corrected chi connectivity index (χ2v) is 7.55. The van der Waals surface area contributed by atoms with Gasteiger partial charge in [0.15, 0.2) is 9.84 Å². The van der Waals surface area contributed by atoms with Crippen molar-refractivity contribution in [2.45, 2.75) is 37.5 Å². The van der Waals surface area contributed by atoms with E-state index in [1.807, 2.05) is 0 Å². The van der Waals surface area contributed by atoms with Crippen LogP contribution >= 0.6 is 0 Å². The Kier molecular flexibility index (Phi) is 4.42. The third kappa shape index (κ3) is 4.32. The predicted molar refractivity (Wildman–Crippen MR) is 65.7 cm³/mol. The molecule has 0 bridgehead atoms. The summed E-state index contributed by atoms with van der Waals surface area (Å²) in [5, 5.41) is 3.11. The van der Waals surface area contributed by atoms with Crippen LogP contribution in [0.1, 0.15) is 19.3 Å². The molecule has 0 aliphatic carbocycles. The number of alkyl halides is 3. The molecule has 19 heavy (non-hydrogen) atoms. The Morgan fingerprint density at radius 2 is 1.74 bits per heavy atom. The number of hydrogen-bond donors (Lipinski definition) is 1. The third-order valence-electron chi connectivity index (χ3n) is 3.82. The molecule has 8 heteroatoms. The van der Waals surface area contributed by atoms with Crippen LogP contribution in [0.3, 0.4) is 0 Å². The van der Waals surface area contributed by atoms with Crippen molar-refractivity contribution in [2.75, 3.05) is 31.1 Å². The molecule has 0 spiro atoms. The fourth-order valence-electron chi connectivity index (χ4n) is 2.94. The van der Waals surface area contributed by atoms with Crippen molar-refractivity contribution in [2.24, 2.45) is 0 Å². The van der Waals surface area contributed by atoms with Gasteiger partial charge < -0.3 is 5.32 Å². The summed E-state index contributed by atoms with van der Waals surface area (Å²) in [6.45, 7) is 0.384. The molecule has 1 unspecified atom stereocenters. The molecule has 2 aliphatic rings. The minimum absolute atomic E-state index is 0.0109. The van der Waals surface area contributed by atoms with E-state index in [0.29, 0.717) is 32.4 Å². The second-order valence-electron chi connectivity index (χ2n) is 5.33. The Labute approximate surface area is 111 Å². The molecule has 2 aliphatic heterocycles. The van der Waals surface area contributed by atoms with Crippen LogP contribution in [0.5, 0.6) is 0 Å². The summed E-state index contributed by atoms with van der Waals surface area (Å²) < 4.78 is 61.0. The van der Waals surface area contributed by atoms with E-state index in [1.54, 1.807) is 0 Å². The highest BCUT2D eigenvalue weighted by Crippen LogP contribution is 2.27. The third-order valence-corrected chi connectivity index (χ3v) is 5.57. The van der Waals surface area contributed by atoms with E-state index in [4.69, 9.17) is 0 Å². The fourth-order valence-corrected chi connectivity index (χ4v) is 4.68. The smallest absolute Gasteiger partial charge is 0.317 e. The number of nitrogens with one attached hydrogen (secondary N) is 1. The fraction of sp³-hybridized carbons (Fsp3) is 1.00. The molecule has 4 nitrogen and oxygen atoms in total. The molecule has 2 fully saturated rings. The molecular formula is C11H19F3N2O2S. The summed E-state index contributed by atoms with van der Waals surface area (Å²) in [5.74, 6) is -0.121. The molecule has 0 amide bonds. The zero-order chi connectivity index (χ0) is 14.1. The minimum atomic E-state index is -4.28. The molecule has 0 radical (unpaired) electrons. The van der Waals surface area contributed by atoms with Crippen LogP contribution < -0.4 is 5.32 Å². The topological polar surface area (TPSA) is 49.4 Å². The molecule has 1 atom stereocenters. The lowest BCUT2D eigenvalue weighted by Gasteiger charge is -2.38. The maximum atomic E-state index is 12.7. The molecule has 112 valence electrons. The van der Waals surface area contributed by atoms with Crippen molar-refractivity contribution in [1.82, 2.24) is 10.2 Å². The monoisotopic (exact) mass is 300 g/mol. The Balaban J connectivity index is 2.09. The first kappa shape index (κ1) is 15.1. The highest BCUT2D eigenvalue weighted by Gasteiger charge is 2.41. The van der Waals surface area contributed by atoms with Gasteiger partial charge in [0.1, 0.15) is 0 Å². The van der Waals surface area contributed by atoms with Crippen LogP contribution in [-0.4, -0.2) is 62.7 Å². The molecule has 2 saturated heterocycles. The molecule has 2 heterocycles. The van der Waals surface area contributed by atoms with Gasteiger partial charge in [0.05, 0.1) is 18.1 Å². The highest BCUT2D eigenvalue weighted by molar-refractivity contribution is 7.91. The number of sulfone groups is 1. The van der Waals surface area contributed by atoms with Gasteiger partial charge in [-0.1, -0.05) is 0 Å². The summed E-state index contributed by atoms with van der Waals surface area (Å²) in [5.41, 5.74) is 0. The number of piperidine rings is 1. The molecule has 0 saturated carbocycles. The molecule has 0 aromatic carbocycles. The van der Waals surface area contributed by atoms with Gasteiger partial charge >= 0.3 is 6.18 Å². The Hall–Kier alpha value is -0.340. The van der Waals surface area contributed by atoms with Crippen molar-refractivity contribution in [3.63, 3.8) is 0 Å². The maximum Gasteiger partial charge on any atom is 0.401 e. The average Bonchev–Trinajstić information content (AvgIpc) is 2.66. The lowest BCUT2D eigenvalue weighted by Crippen LogP contribution is -2.51. The van der Waals surface area contributed by atoms with Crippen molar-refractivity contribution in [1.29, 1.82) is 0 Å². The summed E-state index contributed by atoms with van der Waals surface area (Å²) in [6, 6.07) is -0.643. The van der Waals surface area contributed by atoms with Crippen LogP contribution in [-0.2, 0) is 9.84 Å². The van der Waals surface area contributed by atoms with Crippen LogP contribution in [0.15, 0.2) is 0 Å². The van der Waals surface area contributed by atoms with Gasteiger partial charge in [-0.25, -0.2) is 8.42 Å².